The van der Waals surface area contributed by atoms with Crippen LogP contribution in [0.2, 0.25) is 0 Å². The summed E-state index contributed by atoms with van der Waals surface area (Å²) in [5.41, 5.74) is 0. The topological polar surface area (TPSA) is 63.2 Å². The molecule has 0 amide bonds. The second-order valence-electron chi connectivity index (χ2n) is 0.250. The van der Waals surface area contributed by atoms with Crippen LogP contribution in [0.3, 0.4) is 0 Å². The summed E-state index contributed by atoms with van der Waals surface area (Å²) in [5.74, 6) is 0. The Morgan fingerprint density at radius 1 is 1.17 bits per heavy atom. The normalized spacial score (nSPS) is 4.33. The molecule has 6 heavy (non-hydrogen) atoms. The standard InChI is InChI=1S/2Cs.3O.Sn/q2*+1;;2*-1;. The van der Waals surface area contributed by atoms with E-state index in [0.29, 0.717) is 0 Å². The van der Waals surface area contributed by atoms with E-state index in [9.17, 15) is 0 Å². The fourth-order valence-electron chi connectivity index (χ4n) is 0. The minimum absolute atomic E-state index is 0. The molecule has 0 aliphatic carbocycles. The van der Waals surface area contributed by atoms with Crippen molar-refractivity contribution in [3.63, 3.8) is 0 Å². The number of hydrogen-bond donors (Lipinski definition) is 0. The van der Waals surface area contributed by atoms with Gasteiger partial charge in [-0.3, -0.25) is 0 Å². The molecule has 0 saturated heterocycles. The van der Waals surface area contributed by atoms with Crippen molar-refractivity contribution < 1.29 is 148 Å². The van der Waals surface area contributed by atoms with Gasteiger partial charge in [-0.2, -0.15) is 0 Å². The van der Waals surface area contributed by atoms with Crippen LogP contribution in [0.1, 0.15) is 0 Å². The first kappa shape index (κ1) is 16.9. The Labute approximate surface area is 162 Å². The van der Waals surface area contributed by atoms with Gasteiger partial charge in [0.15, 0.2) is 0 Å². The van der Waals surface area contributed by atoms with Gasteiger partial charge in [0, 0.05) is 0 Å². The summed E-state index contributed by atoms with van der Waals surface area (Å²) >= 11 is -4.29. The van der Waals surface area contributed by atoms with E-state index in [4.69, 9.17) is 9.96 Å². The van der Waals surface area contributed by atoms with Crippen molar-refractivity contribution in [3.8, 4) is 0 Å². The molecular weight excluding hydrogens is 433 g/mol. The molecule has 0 heterocycles. The van der Waals surface area contributed by atoms with Gasteiger partial charge in [0.2, 0.25) is 0 Å². The van der Waals surface area contributed by atoms with Crippen LogP contribution >= 0.6 is 0 Å². The average Bonchev–Trinajstić information content (AvgIpc) is 0.811. The van der Waals surface area contributed by atoms with Crippen LogP contribution in [0, 0.1) is 0 Å². The van der Waals surface area contributed by atoms with Gasteiger partial charge in [0.1, 0.15) is 0 Å². The first-order valence-corrected chi connectivity index (χ1v) is 4.11. The van der Waals surface area contributed by atoms with Gasteiger partial charge in [-0.05, 0) is 0 Å². The summed E-state index contributed by atoms with van der Waals surface area (Å²) in [6.07, 6.45) is 0. The molecule has 3 nitrogen and oxygen atoms in total. The van der Waals surface area contributed by atoms with E-state index in [0.717, 1.165) is 0 Å². The third kappa shape index (κ3) is 23.4. The van der Waals surface area contributed by atoms with Crippen molar-refractivity contribution in [1.82, 2.24) is 0 Å². The van der Waals surface area contributed by atoms with Gasteiger partial charge in [0.05, 0.1) is 0 Å². The molecule has 0 N–H and O–H groups in total. The molecule has 0 aromatic heterocycles. The monoisotopic (exact) mass is 434 g/mol. The summed E-state index contributed by atoms with van der Waals surface area (Å²) in [5, 5.41) is 0. The molecule has 0 atom stereocenters. The van der Waals surface area contributed by atoms with Gasteiger partial charge >= 0.3 is 168 Å². The molecule has 0 rings (SSSR count). The Morgan fingerprint density at radius 3 is 1.17 bits per heavy atom. The Hall–Kier alpha value is 4.62. The fraction of sp³-hybridized carbons (Fsp3) is 0. The Morgan fingerprint density at radius 2 is 1.17 bits per heavy atom. The number of hydrogen-bond acceptors (Lipinski definition) is 3. The van der Waals surface area contributed by atoms with Crippen LogP contribution in [0.25, 0.3) is 0 Å². The first-order valence-electron chi connectivity index (χ1n) is 0.612. The summed E-state index contributed by atoms with van der Waals surface area (Å²) in [6, 6.07) is 0. The number of rotatable bonds is 0. The SMILES string of the molecule is [Cs+].[Cs+].[O]=[Sn]([O-])[O-]. The third-order valence-corrected chi connectivity index (χ3v) is 0. The fourth-order valence-corrected chi connectivity index (χ4v) is 0. The predicted molar refractivity (Wildman–Crippen MR) is 6.44 cm³/mol. The zero-order chi connectivity index (χ0) is 3.58. The Bertz CT molecular complexity index is 31.8. The third-order valence-electron chi connectivity index (χ3n) is 0. The summed E-state index contributed by atoms with van der Waals surface area (Å²) in [7, 11) is 0. The quantitative estimate of drug-likeness (QED) is 0.357. The van der Waals surface area contributed by atoms with Crippen molar-refractivity contribution in [2.24, 2.45) is 0 Å². The summed E-state index contributed by atoms with van der Waals surface area (Å²) < 4.78 is 25.8. The van der Waals surface area contributed by atoms with Crippen molar-refractivity contribution in [1.29, 1.82) is 0 Å². The van der Waals surface area contributed by atoms with Crippen LogP contribution in [-0.2, 0) is 3.08 Å². The molecule has 0 saturated carbocycles. The van der Waals surface area contributed by atoms with E-state index in [1.807, 2.05) is 0 Å². The minimum atomic E-state index is -4.29. The van der Waals surface area contributed by atoms with Crippen molar-refractivity contribution in [2.45, 2.75) is 0 Å². The summed E-state index contributed by atoms with van der Waals surface area (Å²) in [4.78, 5) is 0. The molecule has 0 unspecified atom stereocenters. The van der Waals surface area contributed by atoms with E-state index in [2.05, 4.69) is 0 Å². The van der Waals surface area contributed by atoms with E-state index in [1.54, 1.807) is 0 Å². The molecule has 0 radical (unpaired) electrons. The maximum absolute atomic E-state index is 8.61. The molecule has 0 aliphatic heterocycles. The molecule has 0 aromatic carbocycles. The second kappa shape index (κ2) is 12.3. The molecule has 0 aromatic rings. The second-order valence-corrected chi connectivity index (χ2v) is 1.68. The zero-order valence-electron chi connectivity index (χ0n) is 3.72. The van der Waals surface area contributed by atoms with Gasteiger partial charge in [-0.15, -0.1) is 0 Å². The average molecular weight is 433 g/mol. The summed E-state index contributed by atoms with van der Waals surface area (Å²) in [6.45, 7) is 0. The molecule has 6 heteroatoms. The molecule has 24 valence electrons. The molecule has 0 aliphatic rings. The van der Waals surface area contributed by atoms with Crippen LogP contribution in [0.5, 0.6) is 0 Å². The molecule has 0 fully saturated rings. The Balaban J connectivity index is -0.0000000450. The maximum atomic E-state index is 8.61. The van der Waals surface area contributed by atoms with E-state index in [-0.39, 0.29) is 138 Å². The molecule has 0 bridgehead atoms. The van der Waals surface area contributed by atoms with Gasteiger partial charge in [-0.25, -0.2) is 0 Å². The zero-order valence-corrected chi connectivity index (χ0v) is 19.1. The predicted octanol–water partition coefficient (Wildman–Crippen LogP) is -8.87. The van der Waals surface area contributed by atoms with E-state index in [1.165, 1.54) is 0 Å². The van der Waals surface area contributed by atoms with Crippen molar-refractivity contribution in [3.05, 3.63) is 0 Å². The Kier molecular flexibility index (Phi) is 34.7. The van der Waals surface area contributed by atoms with Crippen LogP contribution in [0.4, 0.5) is 0 Å². The van der Waals surface area contributed by atoms with Crippen molar-refractivity contribution >= 4 is 20.6 Å². The van der Waals surface area contributed by atoms with E-state index >= 15 is 0 Å². The van der Waals surface area contributed by atoms with Gasteiger partial charge in [0.25, 0.3) is 0 Å². The molecule has 0 spiro atoms. The first-order chi connectivity index (χ1) is 1.73. The van der Waals surface area contributed by atoms with Crippen LogP contribution in [0.15, 0.2) is 0 Å². The van der Waals surface area contributed by atoms with Gasteiger partial charge < -0.3 is 0 Å². The van der Waals surface area contributed by atoms with Crippen LogP contribution in [-0.4, -0.2) is 20.6 Å². The van der Waals surface area contributed by atoms with Crippen LogP contribution < -0.4 is 145 Å². The van der Waals surface area contributed by atoms with Crippen molar-refractivity contribution in [2.75, 3.05) is 0 Å². The van der Waals surface area contributed by atoms with E-state index < -0.39 is 20.6 Å². The molecular formula is Cs2O3Sn. The van der Waals surface area contributed by atoms with Gasteiger partial charge in [-0.1, -0.05) is 0 Å².